The predicted octanol–water partition coefficient (Wildman–Crippen LogP) is 0.667. The van der Waals surface area contributed by atoms with E-state index in [2.05, 4.69) is 10.6 Å². The van der Waals surface area contributed by atoms with Crippen molar-refractivity contribution in [2.45, 2.75) is 43.8 Å². The number of hydrogen-bond donors (Lipinski definition) is 3. The minimum atomic E-state index is -0.510. The van der Waals surface area contributed by atoms with Crippen molar-refractivity contribution in [3.8, 4) is 0 Å². The molecule has 0 aliphatic carbocycles. The molecule has 3 atom stereocenters. The lowest BCUT2D eigenvalue weighted by molar-refractivity contribution is -0.147. The Labute approximate surface area is 157 Å². The number of rotatable bonds is 6. The van der Waals surface area contributed by atoms with E-state index in [0.29, 0.717) is 36.5 Å². The summed E-state index contributed by atoms with van der Waals surface area (Å²) in [7, 11) is 0. The zero-order valence-electron chi connectivity index (χ0n) is 14.4. The van der Waals surface area contributed by atoms with E-state index in [1.807, 2.05) is 0 Å². The van der Waals surface area contributed by atoms with E-state index in [-0.39, 0.29) is 23.8 Å². The maximum Gasteiger partial charge on any atom is 0.251 e. The predicted molar refractivity (Wildman–Crippen MR) is 97.7 cm³/mol. The summed E-state index contributed by atoms with van der Waals surface area (Å²) in [5, 5.41) is 6.27. The lowest BCUT2D eigenvalue weighted by atomic mass is 10.0. The molecule has 0 radical (unpaired) electrons. The summed E-state index contributed by atoms with van der Waals surface area (Å²) >= 11 is 5.83. The van der Waals surface area contributed by atoms with Gasteiger partial charge in [0.15, 0.2) is 0 Å². The molecule has 2 aliphatic heterocycles. The van der Waals surface area contributed by atoms with Crippen molar-refractivity contribution in [2.75, 3.05) is 13.1 Å². The van der Waals surface area contributed by atoms with Crippen molar-refractivity contribution in [1.29, 1.82) is 0 Å². The minimum Gasteiger partial charge on any atom is -0.347 e. The van der Waals surface area contributed by atoms with Crippen LogP contribution in [0.4, 0.5) is 0 Å². The summed E-state index contributed by atoms with van der Waals surface area (Å²) in [5.41, 5.74) is 5.98. The van der Waals surface area contributed by atoms with Crippen LogP contribution in [-0.2, 0) is 9.59 Å². The molecular weight excluding hydrogens is 356 g/mol. The molecule has 140 valence electrons. The third kappa shape index (κ3) is 3.99. The molecule has 1 aromatic carbocycles. The second-order valence-electron chi connectivity index (χ2n) is 6.77. The normalized spacial score (nSPS) is 25.0. The first-order valence-electron chi connectivity index (χ1n) is 8.87. The van der Waals surface area contributed by atoms with Crippen LogP contribution < -0.4 is 16.4 Å². The summed E-state index contributed by atoms with van der Waals surface area (Å²) in [4.78, 5) is 38.9. The van der Waals surface area contributed by atoms with Gasteiger partial charge >= 0.3 is 0 Å². The highest BCUT2D eigenvalue weighted by Gasteiger charge is 2.46. The number of unbranched alkanes of at least 4 members (excludes halogenated alkanes) is 1. The number of nitrogens with one attached hydrogen (secondary N) is 2. The molecule has 0 unspecified atom stereocenters. The Morgan fingerprint density at radius 1 is 1.27 bits per heavy atom. The Kier molecular flexibility index (Phi) is 5.78. The van der Waals surface area contributed by atoms with Gasteiger partial charge in [-0.25, -0.2) is 0 Å². The number of piperazine rings is 1. The minimum absolute atomic E-state index is 0.0742. The Bertz CT molecular complexity index is 694. The third-order valence-corrected chi connectivity index (χ3v) is 5.14. The molecule has 3 amide bonds. The molecule has 2 aliphatic rings. The molecule has 2 saturated heterocycles. The number of nitrogens with two attached hydrogens (primary N) is 1. The van der Waals surface area contributed by atoms with Crippen LogP contribution in [0, 0.1) is 0 Å². The molecule has 3 rings (SSSR count). The standard InChI is InChI=1S/C18H23ClN4O3/c19-12-6-4-11(5-7-12)16(24)21-13-9-15-17(25)22-14(3-1-2-8-20)18(26)23(15)10-13/h4-7,13-15H,1-3,8-10,20H2,(H,21,24)(H,22,25)/t13-,14-,15-/m0/s1. The van der Waals surface area contributed by atoms with E-state index in [4.69, 9.17) is 17.3 Å². The quantitative estimate of drug-likeness (QED) is 0.632. The monoisotopic (exact) mass is 378 g/mol. The molecular formula is C18H23ClN4O3. The van der Waals surface area contributed by atoms with Crippen molar-refractivity contribution in [1.82, 2.24) is 15.5 Å². The number of carbonyl (C=O) groups is 3. The number of amides is 3. The van der Waals surface area contributed by atoms with Crippen molar-refractivity contribution in [3.05, 3.63) is 34.9 Å². The highest BCUT2D eigenvalue weighted by atomic mass is 35.5. The number of fused-ring (bicyclic) bond motifs is 1. The summed E-state index contributed by atoms with van der Waals surface area (Å²) < 4.78 is 0. The maximum atomic E-state index is 12.6. The van der Waals surface area contributed by atoms with Crippen LogP contribution in [0.5, 0.6) is 0 Å². The Morgan fingerprint density at radius 2 is 2.00 bits per heavy atom. The maximum absolute atomic E-state index is 12.6. The van der Waals surface area contributed by atoms with E-state index in [1.54, 1.807) is 29.2 Å². The van der Waals surface area contributed by atoms with Gasteiger partial charge in [-0.15, -0.1) is 0 Å². The molecule has 0 bridgehead atoms. The fourth-order valence-electron chi connectivity index (χ4n) is 3.52. The van der Waals surface area contributed by atoms with Gasteiger partial charge in [-0.2, -0.15) is 0 Å². The summed E-state index contributed by atoms with van der Waals surface area (Å²) in [6, 6.07) is 5.34. The van der Waals surface area contributed by atoms with Gasteiger partial charge < -0.3 is 21.3 Å². The largest absolute Gasteiger partial charge is 0.347 e. The van der Waals surface area contributed by atoms with E-state index in [0.717, 1.165) is 12.8 Å². The fraction of sp³-hybridized carbons (Fsp3) is 0.500. The van der Waals surface area contributed by atoms with Crippen LogP contribution in [0.1, 0.15) is 36.0 Å². The molecule has 7 nitrogen and oxygen atoms in total. The van der Waals surface area contributed by atoms with Gasteiger partial charge in [-0.1, -0.05) is 11.6 Å². The fourth-order valence-corrected chi connectivity index (χ4v) is 3.65. The first kappa shape index (κ1) is 18.7. The van der Waals surface area contributed by atoms with Crippen LogP contribution in [-0.4, -0.2) is 53.8 Å². The average Bonchev–Trinajstić information content (AvgIpc) is 3.04. The van der Waals surface area contributed by atoms with Gasteiger partial charge in [-0.05, 0) is 56.5 Å². The van der Waals surface area contributed by atoms with Gasteiger partial charge in [-0.3, -0.25) is 14.4 Å². The second kappa shape index (κ2) is 8.05. The second-order valence-corrected chi connectivity index (χ2v) is 7.20. The number of benzene rings is 1. The molecule has 4 N–H and O–H groups in total. The summed E-state index contributed by atoms with van der Waals surface area (Å²) in [6.45, 7) is 0.920. The highest BCUT2D eigenvalue weighted by molar-refractivity contribution is 6.30. The molecule has 0 spiro atoms. The summed E-state index contributed by atoms with van der Waals surface area (Å²) in [5.74, 6) is -0.459. The lowest BCUT2D eigenvalue weighted by Gasteiger charge is -2.34. The van der Waals surface area contributed by atoms with Crippen LogP contribution >= 0.6 is 11.6 Å². The van der Waals surface area contributed by atoms with Gasteiger partial charge in [0.25, 0.3) is 5.91 Å². The SMILES string of the molecule is NCCCC[C@@H]1NC(=O)[C@@H]2C[C@H](NC(=O)c3ccc(Cl)cc3)CN2C1=O. The first-order valence-corrected chi connectivity index (χ1v) is 9.24. The van der Waals surface area contributed by atoms with E-state index >= 15 is 0 Å². The topological polar surface area (TPSA) is 105 Å². The summed E-state index contributed by atoms with van der Waals surface area (Å²) in [6.07, 6.45) is 2.63. The van der Waals surface area contributed by atoms with Crippen LogP contribution in [0.15, 0.2) is 24.3 Å². The van der Waals surface area contributed by atoms with Gasteiger partial charge in [0, 0.05) is 23.2 Å². The molecule has 2 heterocycles. The number of nitrogens with zero attached hydrogens (tertiary/aromatic N) is 1. The molecule has 0 aromatic heterocycles. The van der Waals surface area contributed by atoms with Gasteiger partial charge in [0.05, 0.1) is 0 Å². The van der Waals surface area contributed by atoms with Gasteiger partial charge in [0.2, 0.25) is 11.8 Å². The molecule has 26 heavy (non-hydrogen) atoms. The van der Waals surface area contributed by atoms with Crippen molar-refractivity contribution in [2.24, 2.45) is 5.73 Å². The highest BCUT2D eigenvalue weighted by Crippen LogP contribution is 2.24. The van der Waals surface area contributed by atoms with E-state index in [1.165, 1.54) is 0 Å². The Morgan fingerprint density at radius 3 is 2.69 bits per heavy atom. The Hall–Kier alpha value is -2.12. The molecule has 2 fully saturated rings. The zero-order valence-corrected chi connectivity index (χ0v) is 15.2. The number of hydrogen-bond acceptors (Lipinski definition) is 4. The van der Waals surface area contributed by atoms with Gasteiger partial charge in [0.1, 0.15) is 12.1 Å². The van der Waals surface area contributed by atoms with Crippen LogP contribution in [0.25, 0.3) is 0 Å². The van der Waals surface area contributed by atoms with Crippen molar-refractivity contribution < 1.29 is 14.4 Å². The molecule has 8 heteroatoms. The first-order chi connectivity index (χ1) is 12.5. The third-order valence-electron chi connectivity index (χ3n) is 4.89. The van der Waals surface area contributed by atoms with E-state index in [9.17, 15) is 14.4 Å². The average molecular weight is 379 g/mol. The lowest BCUT2D eigenvalue weighted by Crippen LogP contribution is -2.61. The van der Waals surface area contributed by atoms with E-state index < -0.39 is 12.1 Å². The van der Waals surface area contributed by atoms with Crippen molar-refractivity contribution >= 4 is 29.3 Å². The molecule has 0 saturated carbocycles. The van der Waals surface area contributed by atoms with Crippen LogP contribution in [0.3, 0.4) is 0 Å². The number of halogens is 1. The zero-order chi connectivity index (χ0) is 18.7. The Balaban J connectivity index is 1.61. The smallest absolute Gasteiger partial charge is 0.251 e. The molecule has 1 aromatic rings. The van der Waals surface area contributed by atoms with Crippen LogP contribution in [0.2, 0.25) is 5.02 Å². The number of carbonyl (C=O) groups excluding carboxylic acids is 3. The van der Waals surface area contributed by atoms with Crippen molar-refractivity contribution in [3.63, 3.8) is 0 Å².